The molecule has 2 rings (SSSR count). The van der Waals surface area contributed by atoms with Gasteiger partial charge in [0.2, 0.25) is 5.13 Å². The molecule has 0 bridgehead atoms. The van der Waals surface area contributed by atoms with Crippen molar-refractivity contribution < 1.29 is 0 Å². The van der Waals surface area contributed by atoms with Gasteiger partial charge >= 0.3 is 0 Å². The van der Waals surface area contributed by atoms with Gasteiger partial charge in [-0.05, 0) is 13.3 Å². The fraction of sp³-hybridized carbons (Fsp3) is 0.778. The molecule has 1 aliphatic rings. The van der Waals surface area contributed by atoms with Gasteiger partial charge in [0.25, 0.3) is 0 Å². The largest absolute Gasteiger partial charge is 0.343 e. The molecule has 78 valence electrons. The molecule has 14 heavy (non-hydrogen) atoms. The zero-order valence-electron chi connectivity index (χ0n) is 8.66. The van der Waals surface area contributed by atoms with Gasteiger partial charge in [-0.2, -0.15) is 0 Å². The van der Waals surface area contributed by atoms with Gasteiger partial charge in [-0.25, -0.2) is 0 Å². The topological polar surface area (TPSA) is 55.0 Å². The highest BCUT2D eigenvalue weighted by Gasteiger charge is 2.39. The van der Waals surface area contributed by atoms with Crippen LogP contribution in [0.1, 0.15) is 24.8 Å². The summed E-state index contributed by atoms with van der Waals surface area (Å²) < 4.78 is 0. The van der Waals surface area contributed by atoms with Crippen LogP contribution in [-0.4, -0.2) is 28.8 Å². The Morgan fingerprint density at radius 3 is 2.71 bits per heavy atom. The van der Waals surface area contributed by atoms with Crippen LogP contribution in [0.15, 0.2) is 0 Å². The molecule has 1 aromatic heterocycles. The molecule has 0 aliphatic carbocycles. The number of anilines is 1. The van der Waals surface area contributed by atoms with Crippen molar-refractivity contribution in [1.29, 1.82) is 0 Å². The monoisotopic (exact) mass is 212 g/mol. The Labute approximate surface area is 88.1 Å². The molecule has 5 heteroatoms. The van der Waals surface area contributed by atoms with Crippen molar-refractivity contribution in [2.75, 3.05) is 18.0 Å². The van der Waals surface area contributed by atoms with Gasteiger partial charge in [-0.15, -0.1) is 10.2 Å². The summed E-state index contributed by atoms with van der Waals surface area (Å²) >= 11 is 1.64. The van der Waals surface area contributed by atoms with Gasteiger partial charge < -0.3 is 10.6 Å². The molecule has 1 fully saturated rings. The van der Waals surface area contributed by atoms with Gasteiger partial charge in [-0.3, -0.25) is 0 Å². The highest BCUT2D eigenvalue weighted by Crippen LogP contribution is 2.30. The minimum Gasteiger partial charge on any atom is -0.343 e. The minimum atomic E-state index is 0.0221. The van der Waals surface area contributed by atoms with E-state index in [1.54, 1.807) is 11.3 Å². The first kappa shape index (κ1) is 9.86. The van der Waals surface area contributed by atoms with E-state index in [0.717, 1.165) is 36.1 Å². The quantitative estimate of drug-likeness (QED) is 0.817. The van der Waals surface area contributed by atoms with Crippen molar-refractivity contribution in [2.24, 2.45) is 5.73 Å². The van der Waals surface area contributed by atoms with Crippen molar-refractivity contribution in [2.45, 2.75) is 32.2 Å². The Balaban J connectivity index is 1.94. The molecule has 1 aliphatic heterocycles. The Kier molecular flexibility index (Phi) is 2.45. The predicted molar refractivity (Wildman–Crippen MR) is 58.7 cm³/mol. The summed E-state index contributed by atoms with van der Waals surface area (Å²) in [4.78, 5) is 2.21. The fourth-order valence-electron chi connectivity index (χ4n) is 1.92. The summed E-state index contributed by atoms with van der Waals surface area (Å²) in [5.41, 5.74) is 6.18. The SMILES string of the molecule is CCCC1(N)CN(c2nnc(C)s2)C1. The van der Waals surface area contributed by atoms with E-state index < -0.39 is 0 Å². The summed E-state index contributed by atoms with van der Waals surface area (Å²) in [6, 6.07) is 0. The first-order valence-electron chi connectivity index (χ1n) is 4.97. The summed E-state index contributed by atoms with van der Waals surface area (Å²) in [5, 5.41) is 10.1. The molecule has 0 aromatic carbocycles. The highest BCUT2D eigenvalue weighted by atomic mass is 32.1. The maximum atomic E-state index is 6.16. The number of rotatable bonds is 3. The molecule has 0 amide bonds. The van der Waals surface area contributed by atoms with Crippen LogP contribution >= 0.6 is 11.3 Å². The lowest BCUT2D eigenvalue weighted by atomic mass is 9.87. The Morgan fingerprint density at radius 2 is 2.21 bits per heavy atom. The summed E-state index contributed by atoms with van der Waals surface area (Å²) in [7, 11) is 0. The third-order valence-electron chi connectivity index (χ3n) is 2.55. The first-order valence-corrected chi connectivity index (χ1v) is 5.78. The van der Waals surface area contributed by atoms with E-state index in [-0.39, 0.29) is 5.54 Å². The van der Waals surface area contributed by atoms with E-state index in [4.69, 9.17) is 5.73 Å². The molecule has 0 radical (unpaired) electrons. The van der Waals surface area contributed by atoms with Crippen molar-refractivity contribution in [3.8, 4) is 0 Å². The Morgan fingerprint density at radius 1 is 1.50 bits per heavy atom. The molecule has 2 N–H and O–H groups in total. The molecule has 0 spiro atoms. The van der Waals surface area contributed by atoms with Crippen molar-refractivity contribution in [1.82, 2.24) is 10.2 Å². The zero-order valence-corrected chi connectivity index (χ0v) is 9.47. The molecule has 4 nitrogen and oxygen atoms in total. The molecular formula is C9H16N4S. The average Bonchev–Trinajstić information content (AvgIpc) is 2.47. The lowest BCUT2D eigenvalue weighted by Crippen LogP contribution is -2.67. The average molecular weight is 212 g/mol. The number of nitrogens with two attached hydrogens (primary N) is 1. The van der Waals surface area contributed by atoms with E-state index in [2.05, 4.69) is 22.0 Å². The van der Waals surface area contributed by atoms with Crippen molar-refractivity contribution in [3.05, 3.63) is 5.01 Å². The van der Waals surface area contributed by atoms with Crippen LogP contribution in [0.5, 0.6) is 0 Å². The second-order valence-corrected chi connectivity index (χ2v) is 5.23. The van der Waals surface area contributed by atoms with Gasteiger partial charge in [0.1, 0.15) is 5.01 Å². The second-order valence-electron chi connectivity index (χ2n) is 4.07. The van der Waals surface area contributed by atoms with E-state index >= 15 is 0 Å². The Bertz CT molecular complexity index is 316. The van der Waals surface area contributed by atoms with E-state index in [1.165, 1.54) is 0 Å². The molecule has 1 saturated heterocycles. The molecule has 0 saturated carbocycles. The number of hydrogen-bond donors (Lipinski definition) is 1. The van der Waals surface area contributed by atoms with E-state index in [0.29, 0.717) is 0 Å². The first-order chi connectivity index (χ1) is 6.63. The fourth-order valence-corrected chi connectivity index (χ4v) is 2.60. The zero-order chi connectivity index (χ0) is 10.2. The van der Waals surface area contributed by atoms with E-state index in [9.17, 15) is 0 Å². The van der Waals surface area contributed by atoms with Crippen LogP contribution in [0.2, 0.25) is 0 Å². The number of aryl methyl sites for hydroxylation is 1. The van der Waals surface area contributed by atoms with Crippen LogP contribution in [0.4, 0.5) is 5.13 Å². The molecule has 2 heterocycles. The third-order valence-corrected chi connectivity index (χ3v) is 3.44. The van der Waals surface area contributed by atoms with Crippen molar-refractivity contribution >= 4 is 16.5 Å². The standard InChI is InChI=1S/C9H16N4S/c1-3-4-9(10)5-13(6-9)8-12-11-7(2)14-8/h3-6,10H2,1-2H3. The summed E-state index contributed by atoms with van der Waals surface area (Å²) in [6.07, 6.45) is 2.25. The van der Waals surface area contributed by atoms with Gasteiger partial charge in [0.05, 0.1) is 5.54 Å². The van der Waals surface area contributed by atoms with Crippen LogP contribution < -0.4 is 10.6 Å². The van der Waals surface area contributed by atoms with Crippen LogP contribution in [0.25, 0.3) is 0 Å². The van der Waals surface area contributed by atoms with Gasteiger partial charge in [0.15, 0.2) is 0 Å². The maximum absolute atomic E-state index is 6.16. The van der Waals surface area contributed by atoms with Gasteiger partial charge in [0, 0.05) is 13.1 Å². The predicted octanol–water partition coefficient (Wildman–Crippen LogP) is 1.16. The second kappa shape index (κ2) is 3.47. The Hall–Kier alpha value is -0.680. The molecule has 1 aromatic rings. The van der Waals surface area contributed by atoms with Crippen LogP contribution in [0.3, 0.4) is 0 Å². The minimum absolute atomic E-state index is 0.0221. The molecular weight excluding hydrogens is 196 g/mol. The van der Waals surface area contributed by atoms with E-state index in [1.807, 2.05) is 6.92 Å². The lowest BCUT2D eigenvalue weighted by Gasteiger charge is -2.47. The van der Waals surface area contributed by atoms with Crippen LogP contribution in [0, 0.1) is 6.92 Å². The summed E-state index contributed by atoms with van der Waals surface area (Å²) in [6.45, 7) is 6.00. The molecule has 0 unspecified atom stereocenters. The normalized spacial score (nSPS) is 19.5. The number of hydrogen-bond acceptors (Lipinski definition) is 5. The van der Waals surface area contributed by atoms with Gasteiger partial charge in [-0.1, -0.05) is 24.7 Å². The summed E-state index contributed by atoms with van der Waals surface area (Å²) in [5.74, 6) is 0. The number of aromatic nitrogens is 2. The molecule has 0 atom stereocenters. The smallest absolute Gasteiger partial charge is 0.208 e. The lowest BCUT2D eigenvalue weighted by molar-refractivity contribution is 0.307. The highest BCUT2D eigenvalue weighted by molar-refractivity contribution is 7.15. The maximum Gasteiger partial charge on any atom is 0.208 e. The number of nitrogens with zero attached hydrogens (tertiary/aromatic N) is 3. The van der Waals surface area contributed by atoms with Crippen molar-refractivity contribution in [3.63, 3.8) is 0 Å². The van der Waals surface area contributed by atoms with Crippen LogP contribution in [-0.2, 0) is 0 Å². The third kappa shape index (κ3) is 1.74.